The van der Waals surface area contributed by atoms with E-state index < -0.39 is 0 Å². The molecular formula is C19H24FNO2. The standard InChI is InChI=1S/C19H24FNO2/c1-19(2,15-4-3-5-17(23)13-15)18(21-10-11-22)12-14-6-8-16(20)9-7-14/h3-9,13,18,21-23H,10-12H2,1-2H3. The summed E-state index contributed by atoms with van der Waals surface area (Å²) in [6.45, 7) is 4.73. The predicted molar refractivity (Wildman–Crippen MR) is 90.1 cm³/mol. The quantitative estimate of drug-likeness (QED) is 0.736. The Morgan fingerprint density at radius 1 is 1.13 bits per heavy atom. The van der Waals surface area contributed by atoms with E-state index in [9.17, 15) is 9.50 Å². The second kappa shape index (κ2) is 7.57. The van der Waals surface area contributed by atoms with Crippen molar-refractivity contribution in [1.29, 1.82) is 0 Å². The minimum Gasteiger partial charge on any atom is -0.508 e. The number of rotatable bonds is 7. The van der Waals surface area contributed by atoms with Gasteiger partial charge in [0, 0.05) is 18.0 Å². The minimum atomic E-state index is -0.275. The molecular weight excluding hydrogens is 293 g/mol. The Labute approximate surface area is 136 Å². The van der Waals surface area contributed by atoms with Gasteiger partial charge in [0.2, 0.25) is 0 Å². The maximum atomic E-state index is 13.1. The number of aliphatic hydroxyl groups is 1. The van der Waals surface area contributed by atoms with Gasteiger partial charge in [-0.1, -0.05) is 38.1 Å². The van der Waals surface area contributed by atoms with E-state index in [1.807, 2.05) is 12.1 Å². The summed E-state index contributed by atoms with van der Waals surface area (Å²) in [5.41, 5.74) is 1.76. The lowest BCUT2D eigenvalue weighted by atomic mass is 9.75. The fourth-order valence-corrected chi connectivity index (χ4v) is 2.79. The second-order valence-electron chi connectivity index (χ2n) is 6.33. The lowest BCUT2D eigenvalue weighted by Gasteiger charge is -2.36. The number of hydrogen-bond donors (Lipinski definition) is 3. The molecule has 0 aliphatic carbocycles. The highest BCUT2D eigenvalue weighted by Gasteiger charge is 2.31. The molecule has 0 saturated heterocycles. The number of aliphatic hydroxyl groups excluding tert-OH is 1. The molecule has 2 rings (SSSR count). The minimum absolute atomic E-state index is 0.0295. The smallest absolute Gasteiger partial charge is 0.123 e. The third-order valence-electron chi connectivity index (χ3n) is 4.32. The molecule has 124 valence electrons. The van der Waals surface area contributed by atoms with Gasteiger partial charge < -0.3 is 15.5 Å². The summed E-state index contributed by atoms with van der Waals surface area (Å²) in [4.78, 5) is 0. The van der Waals surface area contributed by atoms with Crippen LogP contribution < -0.4 is 5.32 Å². The fourth-order valence-electron chi connectivity index (χ4n) is 2.79. The number of benzene rings is 2. The van der Waals surface area contributed by atoms with E-state index in [0.717, 1.165) is 11.1 Å². The number of halogens is 1. The molecule has 0 aromatic heterocycles. The first kappa shape index (κ1) is 17.4. The van der Waals surface area contributed by atoms with E-state index in [-0.39, 0.29) is 29.6 Å². The fraction of sp³-hybridized carbons (Fsp3) is 0.368. The van der Waals surface area contributed by atoms with Crippen molar-refractivity contribution >= 4 is 0 Å². The predicted octanol–water partition coefficient (Wildman–Crippen LogP) is 3.00. The van der Waals surface area contributed by atoms with Gasteiger partial charge in [-0.15, -0.1) is 0 Å². The molecule has 1 atom stereocenters. The van der Waals surface area contributed by atoms with Crippen LogP contribution in [0.3, 0.4) is 0 Å². The number of phenolic OH excluding ortho intramolecular Hbond substituents is 1. The van der Waals surface area contributed by atoms with Crippen molar-refractivity contribution in [1.82, 2.24) is 5.32 Å². The van der Waals surface area contributed by atoms with E-state index in [1.165, 1.54) is 12.1 Å². The van der Waals surface area contributed by atoms with Crippen LogP contribution in [0.5, 0.6) is 5.75 Å². The maximum absolute atomic E-state index is 13.1. The van der Waals surface area contributed by atoms with Crippen molar-refractivity contribution in [3.8, 4) is 5.75 Å². The summed E-state index contributed by atoms with van der Waals surface area (Å²) in [5.74, 6) is -0.0147. The lowest BCUT2D eigenvalue weighted by Crippen LogP contribution is -2.47. The molecule has 0 heterocycles. The van der Waals surface area contributed by atoms with E-state index >= 15 is 0 Å². The summed E-state index contributed by atoms with van der Waals surface area (Å²) in [6, 6.07) is 13.7. The zero-order valence-corrected chi connectivity index (χ0v) is 13.6. The molecule has 0 spiro atoms. The van der Waals surface area contributed by atoms with Crippen molar-refractivity contribution in [3.63, 3.8) is 0 Å². The van der Waals surface area contributed by atoms with Gasteiger partial charge in [-0.05, 0) is 41.8 Å². The van der Waals surface area contributed by atoms with Gasteiger partial charge in [0.15, 0.2) is 0 Å². The molecule has 0 aliphatic heterocycles. The first-order valence-electron chi connectivity index (χ1n) is 7.81. The zero-order chi connectivity index (χ0) is 16.9. The monoisotopic (exact) mass is 317 g/mol. The van der Waals surface area contributed by atoms with Crippen LogP contribution in [0.2, 0.25) is 0 Å². The largest absolute Gasteiger partial charge is 0.508 e. The van der Waals surface area contributed by atoms with Crippen LogP contribution in [-0.4, -0.2) is 29.4 Å². The van der Waals surface area contributed by atoms with Crippen LogP contribution >= 0.6 is 0 Å². The molecule has 4 heteroatoms. The molecule has 1 unspecified atom stereocenters. The summed E-state index contributed by atoms with van der Waals surface area (Å²) >= 11 is 0. The summed E-state index contributed by atoms with van der Waals surface area (Å²) in [7, 11) is 0. The Morgan fingerprint density at radius 2 is 1.83 bits per heavy atom. The highest BCUT2D eigenvalue weighted by Crippen LogP contribution is 2.31. The van der Waals surface area contributed by atoms with Gasteiger partial charge in [-0.3, -0.25) is 0 Å². The third kappa shape index (κ3) is 4.53. The van der Waals surface area contributed by atoms with Crippen LogP contribution in [0, 0.1) is 5.82 Å². The summed E-state index contributed by atoms with van der Waals surface area (Å²) in [5, 5.41) is 22.3. The van der Waals surface area contributed by atoms with Crippen molar-refractivity contribution in [2.45, 2.75) is 31.7 Å². The average Bonchev–Trinajstić information content (AvgIpc) is 2.53. The van der Waals surface area contributed by atoms with Crippen LogP contribution in [0.4, 0.5) is 4.39 Å². The van der Waals surface area contributed by atoms with Gasteiger partial charge in [-0.2, -0.15) is 0 Å². The Balaban J connectivity index is 2.26. The van der Waals surface area contributed by atoms with Gasteiger partial charge in [0.05, 0.1) is 6.61 Å². The molecule has 0 bridgehead atoms. The number of phenols is 1. The second-order valence-corrected chi connectivity index (χ2v) is 6.33. The van der Waals surface area contributed by atoms with Gasteiger partial charge >= 0.3 is 0 Å². The van der Waals surface area contributed by atoms with Crippen molar-refractivity contribution in [2.24, 2.45) is 0 Å². The van der Waals surface area contributed by atoms with Crippen molar-refractivity contribution in [2.75, 3.05) is 13.2 Å². The molecule has 23 heavy (non-hydrogen) atoms. The van der Waals surface area contributed by atoms with Crippen LogP contribution in [0.15, 0.2) is 48.5 Å². The van der Waals surface area contributed by atoms with Gasteiger partial charge in [0.25, 0.3) is 0 Å². The molecule has 0 fully saturated rings. The van der Waals surface area contributed by atoms with E-state index in [1.54, 1.807) is 24.3 Å². The molecule has 3 nitrogen and oxygen atoms in total. The topological polar surface area (TPSA) is 52.5 Å². The SMILES string of the molecule is CC(C)(c1cccc(O)c1)C(Cc1ccc(F)cc1)NCCO. The summed E-state index contributed by atoms with van der Waals surface area (Å²) < 4.78 is 13.1. The van der Waals surface area contributed by atoms with Crippen molar-refractivity contribution < 1.29 is 14.6 Å². The molecule has 2 aromatic rings. The number of aromatic hydroxyl groups is 1. The molecule has 2 aromatic carbocycles. The molecule has 0 amide bonds. The number of nitrogens with one attached hydrogen (secondary N) is 1. The highest BCUT2D eigenvalue weighted by atomic mass is 19.1. The molecule has 0 radical (unpaired) electrons. The van der Waals surface area contributed by atoms with E-state index in [4.69, 9.17) is 5.11 Å². The van der Waals surface area contributed by atoms with Gasteiger partial charge in [-0.25, -0.2) is 4.39 Å². The van der Waals surface area contributed by atoms with Crippen LogP contribution in [-0.2, 0) is 11.8 Å². The van der Waals surface area contributed by atoms with Crippen LogP contribution in [0.25, 0.3) is 0 Å². The zero-order valence-electron chi connectivity index (χ0n) is 13.6. The Morgan fingerprint density at radius 3 is 2.43 bits per heavy atom. The van der Waals surface area contributed by atoms with E-state index in [2.05, 4.69) is 19.2 Å². The molecule has 3 N–H and O–H groups in total. The Hall–Kier alpha value is -1.91. The Kier molecular flexibility index (Phi) is 5.74. The van der Waals surface area contributed by atoms with Crippen LogP contribution in [0.1, 0.15) is 25.0 Å². The van der Waals surface area contributed by atoms with E-state index in [0.29, 0.717) is 13.0 Å². The summed E-state index contributed by atoms with van der Waals surface area (Å²) in [6.07, 6.45) is 0.697. The lowest BCUT2D eigenvalue weighted by molar-refractivity contribution is 0.261. The molecule has 0 saturated carbocycles. The average molecular weight is 317 g/mol. The maximum Gasteiger partial charge on any atom is 0.123 e. The Bertz CT molecular complexity index is 626. The third-order valence-corrected chi connectivity index (χ3v) is 4.32. The van der Waals surface area contributed by atoms with Gasteiger partial charge in [0.1, 0.15) is 11.6 Å². The molecule has 0 aliphatic rings. The first-order chi connectivity index (χ1) is 10.9. The first-order valence-corrected chi connectivity index (χ1v) is 7.81. The normalized spacial score (nSPS) is 13.0. The number of hydrogen-bond acceptors (Lipinski definition) is 3. The van der Waals surface area contributed by atoms with Crippen molar-refractivity contribution in [3.05, 3.63) is 65.5 Å². The highest BCUT2D eigenvalue weighted by molar-refractivity contribution is 5.34.